The number of pyridine rings is 1. The van der Waals surface area contributed by atoms with Gasteiger partial charge >= 0.3 is 6.36 Å². The minimum Gasteiger partial charge on any atom is -0.404 e. The van der Waals surface area contributed by atoms with Crippen LogP contribution in [0.4, 0.5) is 23.5 Å². The Kier molecular flexibility index (Phi) is 5.80. The molecule has 2 N–H and O–H groups in total. The number of aliphatic hydroxyl groups is 1. The molecule has 2 fully saturated rings. The van der Waals surface area contributed by atoms with Gasteiger partial charge in [-0.15, -0.1) is 18.3 Å². The summed E-state index contributed by atoms with van der Waals surface area (Å²) in [6.07, 6.45) is -2.23. The number of nitrogens with zero attached hydrogens (tertiary/aromatic N) is 5. The van der Waals surface area contributed by atoms with E-state index >= 15 is 0 Å². The van der Waals surface area contributed by atoms with Crippen LogP contribution in [0.2, 0.25) is 0 Å². The normalized spacial score (nSPS) is 21.9. The first kappa shape index (κ1) is 23.7. The van der Waals surface area contributed by atoms with E-state index in [4.69, 9.17) is 0 Å². The first-order valence-corrected chi connectivity index (χ1v) is 12.2. The molecular weight excluding hydrogens is 496 g/mol. The summed E-state index contributed by atoms with van der Waals surface area (Å²) in [6, 6.07) is 2.86. The van der Waals surface area contributed by atoms with Gasteiger partial charge in [-0.1, -0.05) is 0 Å². The summed E-state index contributed by atoms with van der Waals surface area (Å²) in [7, 11) is -3.40. The predicted octanol–water partition coefficient (Wildman–Crippen LogP) is 2.17. The Morgan fingerprint density at radius 3 is 2.54 bits per heavy atom. The van der Waals surface area contributed by atoms with E-state index in [0.29, 0.717) is 19.3 Å². The van der Waals surface area contributed by atoms with Gasteiger partial charge < -0.3 is 15.2 Å². The van der Waals surface area contributed by atoms with Gasteiger partial charge in [0.05, 0.1) is 41.2 Å². The molecule has 0 bridgehead atoms. The number of hydrogen-bond acceptors (Lipinski definition) is 8. The number of sulfonamides is 1. The highest BCUT2D eigenvalue weighted by atomic mass is 32.2. The van der Waals surface area contributed by atoms with Crippen LogP contribution in [0.3, 0.4) is 0 Å². The molecule has 0 radical (unpaired) electrons. The van der Waals surface area contributed by atoms with Crippen LogP contribution in [0.1, 0.15) is 19.3 Å². The zero-order valence-electron chi connectivity index (χ0n) is 18.0. The SMILES string of the molecule is O=S(=O)(C1CC1)N1CC[C@@H](Nc2ncc3c(F)cc(-c4ccc(OC(F)(F)F)cn4)n3n2)[C@H](O)C1. The van der Waals surface area contributed by atoms with Gasteiger partial charge in [0.1, 0.15) is 11.3 Å². The second-order valence-electron chi connectivity index (χ2n) is 8.39. The van der Waals surface area contributed by atoms with Gasteiger partial charge in [-0.25, -0.2) is 22.3 Å². The van der Waals surface area contributed by atoms with Crippen LogP contribution in [0.15, 0.2) is 30.6 Å². The van der Waals surface area contributed by atoms with Crippen molar-refractivity contribution in [3.8, 4) is 17.1 Å². The fourth-order valence-electron chi connectivity index (χ4n) is 3.97. The second kappa shape index (κ2) is 8.57. The lowest BCUT2D eigenvalue weighted by Gasteiger charge is -2.35. The molecule has 35 heavy (non-hydrogen) atoms. The first-order chi connectivity index (χ1) is 16.5. The first-order valence-electron chi connectivity index (χ1n) is 10.7. The average Bonchev–Trinajstić information content (AvgIpc) is 3.60. The number of nitrogens with one attached hydrogen (secondary N) is 1. The van der Waals surface area contributed by atoms with Crippen LogP contribution in [-0.2, 0) is 10.0 Å². The van der Waals surface area contributed by atoms with E-state index < -0.39 is 40.1 Å². The van der Waals surface area contributed by atoms with Crippen molar-refractivity contribution in [2.75, 3.05) is 18.4 Å². The van der Waals surface area contributed by atoms with Crippen molar-refractivity contribution in [1.82, 2.24) is 23.9 Å². The Hall–Kier alpha value is -3.04. The van der Waals surface area contributed by atoms with Crippen molar-refractivity contribution in [1.29, 1.82) is 0 Å². The number of anilines is 1. The summed E-state index contributed by atoms with van der Waals surface area (Å²) >= 11 is 0. The van der Waals surface area contributed by atoms with E-state index in [1.165, 1.54) is 21.1 Å². The summed E-state index contributed by atoms with van der Waals surface area (Å²) in [6.45, 7) is 0.174. The van der Waals surface area contributed by atoms with Gasteiger partial charge in [0.25, 0.3) is 0 Å². The molecule has 0 unspecified atom stereocenters. The van der Waals surface area contributed by atoms with E-state index in [-0.39, 0.29) is 41.2 Å². The number of rotatable bonds is 6. The predicted molar refractivity (Wildman–Crippen MR) is 114 cm³/mol. The lowest BCUT2D eigenvalue weighted by Crippen LogP contribution is -2.52. The van der Waals surface area contributed by atoms with Gasteiger partial charge in [0.15, 0.2) is 5.82 Å². The van der Waals surface area contributed by atoms with Crippen molar-refractivity contribution in [2.45, 2.75) is 43.0 Å². The number of fused-ring (bicyclic) bond motifs is 1. The molecule has 1 saturated carbocycles. The largest absolute Gasteiger partial charge is 0.573 e. The van der Waals surface area contributed by atoms with Gasteiger partial charge in [-0.2, -0.15) is 4.31 Å². The van der Waals surface area contributed by atoms with Crippen LogP contribution >= 0.6 is 0 Å². The maximum Gasteiger partial charge on any atom is 0.573 e. The molecule has 4 heterocycles. The molecule has 0 amide bonds. The van der Waals surface area contributed by atoms with Crippen LogP contribution in [0.5, 0.6) is 5.75 Å². The van der Waals surface area contributed by atoms with E-state index in [2.05, 4.69) is 25.1 Å². The van der Waals surface area contributed by atoms with Crippen molar-refractivity contribution in [3.63, 3.8) is 0 Å². The summed E-state index contributed by atoms with van der Waals surface area (Å²) < 4.78 is 82.7. The molecule has 3 aromatic rings. The van der Waals surface area contributed by atoms with Crippen molar-refractivity contribution in [2.24, 2.45) is 0 Å². The lowest BCUT2D eigenvalue weighted by atomic mass is 10.0. The van der Waals surface area contributed by atoms with E-state index in [0.717, 1.165) is 18.3 Å². The third-order valence-electron chi connectivity index (χ3n) is 5.87. The van der Waals surface area contributed by atoms with Crippen LogP contribution < -0.4 is 10.1 Å². The fraction of sp³-hybridized carbons (Fsp3) is 0.450. The quantitative estimate of drug-likeness (QED) is 0.478. The zero-order chi connectivity index (χ0) is 25.0. The highest BCUT2D eigenvalue weighted by Gasteiger charge is 2.43. The number of aromatic nitrogens is 4. The van der Waals surface area contributed by atoms with Crippen molar-refractivity contribution >= 4 is 21.5 Å². The van der Waals surface area contributed by atoms with E-state index in [1.54, 1.807) is 0 Å². The average molecular weight is 516 g/mol. The van der Waals surface area contributed by atoms with Crippen molar-refractivity contribution < 1.29 is 35.8 Å². The number of aliphatic hydroxyl groups excluding tert-OH is 1. The third kappa shape index (κ3) is 4.88. The third-order valence-corrected chi connectivity index (χ3v) is 8.23. The molecule has 5 rings (SSSR count). The Labute approximate surface area is 196 Å². The van der Waals surface area contributed by atoms with Gasteiger partial charge in [0.2, 0.25) is 16.0 Å². The molecular formula is C20H20F4N6O4S. The summed E-state index contributed by atoms with van der Waals surface area (Å²) in [5, 5.41) is 17.4. The maximum absolute atomic E-state index is 14.4. The second-order valence-corrected chi connectivity index (χ2v) is 10.6. The Balaban J connectivity index is 1.35. The monoisotopic (exact) mass is 516 g/mol. The Morgan fingerprint density at radius 1 is 1.14 bits per heavy atom. The highest BCUT2D eigenvalue weighted by molar-refractivity contribution is 7.90. The molecule has 188 valence electrons. The molecule has 2 aliphatic rings. The Morgan fingerprint density at radius 2 is 1.91 bits per heavy atom. The molecule has 1 aliphatic carbocycles. The van der Waals surface area contributed by atoms with Crippen LogP contribution in [-0.4, -0.2) is 74.3 Å². The van der Waals surface area contributed by atoms with Crippen LogP contribution in [0.25, 0.3) is 16.9 Å². The number of β-amino-alcohol motifs (C(OH)–C–C–N with tert-alkyl or cyclic N) is 1. The van der Waals surface area contributed by atoms with Gasteiger partial charge in [0, 0.05) is 19.2 Å². The lowest BCUT2D eigenvalue weighted by molar-refractivity contribution is -0.274. The summed E-state index contributed by atoms with van der Waals surface area (Å²) in [4.78, 5) is 7.98. The molecule has 1 saturated heterocycles. The summed E-state index contributed by atoms with van der Waals surface area (Å²) in [5.74, 6) is -1.14. The standard InChI is InChI=1S/C20H20F4N6O4S/c21-13-7-16(14-4-1-11(8-25-14)34-20(22,23)24)30-17(13)9-26-19(28-30)27-15-5-6-29(10-18(15)31)35(32,33)12-2-3-12/h1,4,7-9,12,15,18,31H,2-3,5-6,10H2,(H,27,28)/t15-,18-/m1/s1. The molecule has 0 aromatic carbocycles. The number of alkyl halides is 3. The van der Waals surface area contributed by atoms with Crippen LogP contribution in [0, 0.1) is 5.82 Å². The van der Waals surface area contributed by atoms with E-state index in [9.17, 15) is 31.1 Å². The smallest absolute Gasteiger partial charge is 0.404 e. The van der Waals surface area contributed by atoms with Crippen molar-refractivity contribution in [3.05, 3.63) is 36.4 Å². The van der Waals surface area contributed by atoms with E-state index in [1.807, 2.05) is 0 Å². The van der Waals surface area contributed by atoms with Gasteiger partial charge in [-0.3, -0.25) is 4.98 Å². The molecule has 15 heteroatoms. The molecule has 2 atom stereocenters. The van der Waals surface area contributed by atoms with Gasteiger partial charge in [-0.05, 0) is 31.4 Å². The molecule has 0 spiro atoms. The Bertz CT molecular complexity index is 1340. The zero-order valence-corrected chi connectivity index (χ0v) is 18.8. The summed E-state index contributed by atoms with van der Waals surface area (Å²) in [5.41, 5.74) is 0.308. The minimum absolute atomic E-state index is 0.00821. The topological polar surface area (TPSA) is 122 Å². The number of ether oxygens (including phenoxy) is 1. The number of halogens is 4. The highest BCUT2D eigenvalue weighted by Crippen LogP contribution is 2.33. The maximum atomic E-state index is 14.4. The minimum atomic E-state index is -4.87. The number of piperidine rings is 1. The molecule has 1 aliphatic heterocycles. The molecule has 3 aromatic heterocycles. The molecule has 10 nitrogen and oxygen atoms in total. The number of hydrogen-bond donors (Lipinski definition) is 2. The fourth-order valence-corrected chi connectivity index (χ4v) is 5.85.